The van der Waals surface area contributed by atoms with Gasteiger partial charge in [-0.15, -0.1) is 24.0 Å². The van der Waals surface area contributed by atoms with Crippen molar-refractivity contribution < 1.29 is 4.74 Å². The normalized spacial score (nSPS) is 18.8. The molecule has 0 bridgehead atoms. The van der Waals surface area contributed by atoms with E-state index in [-0.39, 0.29) is 30.1 Å². The molecule has 1 fully saturated rings. The first-order valence-electron chi connectivity index (χ1n) is 8.24. The Bertz CT molecular complexity index is 515. The molecule has 0 aromatic heterocycles. The van der Waals surface area contributed by atoms with Crippen LogP contribution < -0.4 is 10.6 Å². The molecule has 1 atom stereocenters. The summed E-state index contributed by atoms with van der Waals surface area (Å²) in [6.07, 6.45) is 1.09. The Morgan fingerprint density at radius 2 is 2.25 bits per heavy atom. The largest absolute Gasteiger partial charge is 0.374 e. The second-order valence-corrected chi connectivity index (χ2v) is 6.22. The van der Waals surface area contributed by atoms with Crippen LogP contribution in [0.25, 0.3) is 0 Å². The van der Waals surface area contributed by atoms with Crippen LogP contribution >= 0.6 is 35.6 Å². The lowest BCUT2D eigenvalue weighted by Gasteiger charge is -2.29. The summed E-state index contributed by atoms with van der Waals surface area (Å²) in [5.74, 6) is 0.839. The summed E-state index contributed by atoms with van der Waals surface area (Å²) < 4.78 is 5.74. The van der Waals surface area contributed by atoms with Crippen LogP contribution in [0.1, 0.15) is 12.5 Å². The first kappa shape index (κ1) is 21.5. The molecule has 2 N–H and O–H groups in total. The molecule has 0 spiro atoms. The van der Waals surface area contributed by atoms with Gasteiger partial charge in [0.05, 0.1) is 19.3 Å². The monoisotopic (exact) mass is 466 g/mol. The van der Waals surface area contributed by atoms with Gasteiger partial charge < -0.3 is 20.3 Å². The number of hydrogen-bond donors (Lipinski definition) is 2. The Morgan fingerprint density at radius 3 is 2.96 bits per heavy atom. The molecule has 0 amide bonds. The molecule has 1 aliphatic heterocycles. The van der Waals surface area contributed by atoms with Crippen molar-refractivity contribution in [2.24, 2.45) is 4.99 Å². The third-order valence-electron chi connectivity index (χ3n) is 3.73. The van der Waals surface area contributed by atoms with E-state index in [9.17, 15) is 0 Å². The number of morpholine rings is 1. The zero-order valence-electron chi connectivity index (χ0n) is 14.4. The highest BCUT2D eigenvalue weighted by Crippen LogP contribution is 2.10. The number of halogens is 2. The van der Waals surface area contributed by atoms with Crippen LogP contribution in [0.3, 0.4) is 0 Å². The third-order valence-corrected chi connectivity index (χ3v) is 3.97. The maximum Gasteiger partial charge on any atom is 0.191 e. The Morgan fingerprint density at radius 1 is 1.42 bits per heavy atom. The standard InChI is InChI=1S/C17H27ClN4O.HI/c1-3-19-17(21-12-16-13-22(2)9-10-23-16)20-8-7-14-5-4-6-15(18)11-14;/h4-6,11,16H,3,7-10,12-13H2,1-2H3,(H2,19,20,21);1H. The Kier molecular flexibility index (Phi) is 10.6. The second kappa shape index (κ2) is 11.9. The van der Waals surface area contributed by atoms with Gasteiger partial charge in [0.15, 0.2) is 5.96 Å². The van der Waals surface area contributed by atoms with Crippen molar-refractivity contribution >= 4 is 41.5 Å². The Balaban J connectivity index is 0.00000288. The molecule has 5 nitrogen and oxygen atoms in total. The summed E-state index contributed by atoms with van der Waals surface area (Å²) in [5, 5.41) is 7.42. The van der Waals surface area contributed by atoms with Crippen molar-refractivity contribution in [3.8, 4) is 0 Å². The van der Waals surface area contributed by atoms with Crippen molar-refractivity contribution in [2.45, 2.75) is 19.4 Å². The quantitative estimate of drug-likeness (QED) is 0.384. The van der Waals surface area contributed by atoms with Gasteiger partial charge in [0.1, 0.15) is 0 Å². The first-order chi connectivity index (χ1) is 11.2. The van der Waals surface area contributed by atoms with Crippen LogP contribution in [0, 0.1) is 0 Å². The van der Waals surface area contributed by atoms with Crippen molar-refractivity contribution in [1.82, 2.24) is 15.5 Å². The van der Waals surface area contributed by atoms with Crippen molar-refractivity contribution in [3.63, 3.8) is 0 Å². The lowest BCUT2D eigenvalue weighted by Crippen LogP contribution is -2.43. The predicted molar refractivity (Wildman–Crippen MR) is 112 cm³/mol. The van der Waals surface area contributed by atoms with E-state index in [0.717, 1.165) is 50.2 Å². The van der Waals surface area contributed by atoms with Crippen molar-refractivity contribution in [2.75, 3.05) is 46.4 Å². The SMILES string of the molecule is CCNC(=NCC1CN(C)CCO1)NCCc1cccc(Cl)c1.I. The van der Waals surface area contributed by atoms with Gasteiger partial charge >= 0.3 is 0 Å². The maximum atomic E-state index is 6.01. The van der Waals surface area contributed by atoms with Crippen molar-refractivity contribution in [1.29, 1.82) is 0 Å². The van der Waals surface area contributed by atoms with E-state index in [1.807, 2.05) is 18.2 Å². The van der Waals surface area contributed by atoms with Crippen LogP contribution in [-0.4, -0.2) is 63.3 Å². The minimum atomic E-state index is 0. The van der Waals surface area contributed by atoms with Gasteiger partial charge in [-0.25, -0.2) is 0 Å². The molecular weight excluding hydrogens is 439 g/mol. The van der Waals surface area contributed by atoms with Crippen LogP contribution in [0.2, 0.25) is 5.02 Å². The minimum absolute atomic E-state index is 0. The molecule has 1 unspecified atom stereocenters. The lowest BCUT2D eigenvalue weighted by atomic mass is 10.1. The molecule has 1 aromatic rings. The number of nitrogens with zero attached hydrogens (tertiary/aromatic N) is 2. The molecule has 24 heavy (non-hydrogen) atoms. The van der Waals surface area contributed by atoms with Gasteiger partial charge in [-0.05, 0) is 38.1 Å². The van der Waals surface area contributed by atoms with Crippen molar-refractivity contribution in [3.05, 3.63) is 34.9 Å². The van der Waals surface area contributed by atoms with Crippen LogP contribution in [-0.2, 0) is 11.2 Å². The fourth-order valence-electron chi connectivity index (χ4n) is 2.53. The molecule has 0 saturated carbocycles. The Hall–Kier alpha value is -0.570. The number of ether oxygens (including phenoxy) is 1. The van der Waals surface area contributed by atoms with Crippen LogP contribution in [0.15, 0.2) is 29.3 Å². The molecule has 1 heterocycles. The smallest absolute Gasteiger partial charge is 0.191 e. The second-order valence-electron chi connectivity index (χ2n) is 5.78. The summed E-state index contributed by atoms with van der Waals surface area (Å²) in [5.41, 5.74) is 1.22. The van der Waals surface area contributed by atoms with E-state index in [4.69, 9.17) is 16.3 Å². The molecule has 136 valence electrons. The number of hydrogen-bond acceptors (Lipinski definition) is 3. The van der Waals surface area contributed by atoms with E-state index in [1.165, 1.54) is 5.56 Å². The van der Waals surface area contributed by atoms with E-state index in [2.05, 4.69) is 40.6 Å². The topological polar surface area (TPSA) is 48.9 Å². The van der Waals surface area contributed by atoms with Crippen LogP contribution in [0.5, 0.6) is 0 Å². The number of aliphatic imine (C=N–C) groups is 1. The van der Waals surface area contributed by atoms with Gasteiger partial charge in [0.25, 0.3) is 0 Å². The average Bonchev–Trinajstić information content (AvgIpc) is 2.53. The summed E-state index contributed by atoms with van der Waals surface area (Å²) in [6.45, 7) is 7.13. The molecule has 1 aliphatic rings. The molecule has 7 heteroatoms. The summed E-state index contributed by atoms with van der Waals surface area (Å²) in [4.78, 5) is 6.92. The zero-order chi connectivity index (χ0) is 16.5. The average molecular weight is 467 g/mol. The van der Waals surface area contributed by atoms with E-state index in [0.29, 0.717) is 6.54 Å². The summed E-state index contributed by atoms with van der Waals surface area (Å²) >= 11 is 6.01. The van der Waals surface area contributed by atoms with E-state index in [1.54, 1.807) is 0 Å². The fraction of sp³-hybridized carbons (Fsp3) is 0.588. The lowest BCUT2D eigenvalue weighted by molar-refractivity contribution is -0.0136. The number of likely N-dealkylation sites (N-methyl/N-ethyl adjacent to an activating group) is 1. The highest BCUT2D eigenvalue weighted by Gasteiger charge is 2.17. The maximum absolute atomic E-state index is 6.01. The predicted octanol–water partition coefficient (Wildman–Crippen LogP) is 2.39. The number of nitrogens with one attached hydrogen (secondary N) is 2. The third kappa shape index (κ3) is 8.00. The highest BCUT2D eigenvalue weighted by molar-refractivity contribution is 14.0. The fourth-order valence-corrected chi connectivity index (χ4v) is 2.74. The first-order valence-corrected chi connectivity index (χ1v) is 8.62. The summed E-state index contributed by atoms with van der Waals surface area (Å²) in [6, 6.07) is 7.96. The number of guanidine groups is 1. The molecule has 0 aliphatic carbocycles. The number of rotatable bonds is 6. The van der Waals surface area contributed by atoms with Gasteiger partial charge in [-0.1, -0.05) is 23.7 Å². The molecule has 0 radical (unpaired) electrons. The van der Waals surface area contributed by atoms with Gasteiger partial charge in [0, 0.05) is 31.2 Å². The minimum Gasteiger partial charge on any atom is -0.374 e. The van der Waals surface area contributed by atoms with Gasteiger partial charge in [-0.3, -0.25) is 4.99 Å². The molecule has 2 rings (SSSR count). The van der Waals surface area contributed by atoms with Crippen LogP contribution in [0.4, 0.5) is 0 Å². The van der Waals surface area contributed by atoms with Gasteiger partial charge in [-0.2, -0.15) is 0 Å². The Labute approximate surface area is 167 Å². The van der Waals surface area contributed by atoms with E-state index < -0.39 is 0 Å². The van der Waals surface area contributed by atoms with E-state index >= 15 is 0 Å². The molecule has 1 saturated heterocycles. The van der Waals surface area contributed by atoms with Gasteiger partial charge in [0.2, 0.25) is 0 Å². The highest BCUT2D eigenvalue weighted by atomic mass is 127. The molecular formula is C17H28ClIN4O. The summed E-state index contributed by atoms with van der Waals surface area (Å²) in [7, 11) is 2.12. The number of benzene rings is 1. The zero-order valence-corrected chi connectivity index (χ0v) is 17.5. The molecule has 1 aromatic carbocycles.